The van der Waals surface area contributed by atoms with Gasteiger partial charge in [-0.25, -0.2) is 0 Å². The Morgan fingerprint density at radius 3 is 2.41 bits per heavy atom. The fourth-order valence-corrected chi connectivity index (χ4v) is 2.16. The van der Waals surface area contributed by atoms with Crippen molar-refractivity contribution in [2.24, 2.45) is 5.92 Å². The average Bonchev–Trinajstić information content (AvgIpc) is 3.10. The Morgan fingerprint density at radius 2 is 1.85 bits per heavy atom. The van der Waals surface area contributed by atoms with Crippen LogP contribution in [0, 0.1) is 5.92 Å². The van der Waals surface area contributed by atoms with Gasteiger partial charge in [0.1, 0.15) is 24.4 Å². The Balaban J connectivity index is 2.60. The highest BCUT2D eigenvalue weighted by molar-refractivity contribution is 5.96. The molecule has 1 heterocycles. The normalized spacial score (nSPS) is 13.2. The van der Waals surface area contributed by atoms with Crippen LogP contribution in [0.1, 0.15) is 33.0 Å². The average molecular weight is 379 g/mol. The van der Waals surface area contributed by atoms with E-state index in [4.69, 9.17) is 9.52 Å². The van der Waals surface area contributed by atoms with Crippen molar-refractivity contribution in [1.29, 1.82) is 0 Å². The largest absolute Gasteiger partial charge is 0.480 e. The first-order valence-electron chi connectivity index (χ1n) is 8.51. The summed E-state index contributed by atoms with van der Waals surface area (Å²) in [5.74, 6) is -2.23. The van der Waals surface area contributed by atoms with E-state index in [0.717, 1.165) is 0 Å². The molecule has 0 aliphatic rings. The van der Waals surface area contributed by atoms with Gasteiger partial charge in [-0.3, -0.25) is 19.2 Å². The predicted molar refractivity (Wildman–Crippen MR) is 97.4 cm³/mol. The van der Waals surface area contributed by atoms with Gasteiger partial charge in [0.05, 0.1) is 6.26 Å². The lowest BCUT2D eigenvalue weighted by Gasteiger charge is -2.22. The summed E-state index contributed by atoms with van der Waals surface area (Å²) in [7, 11) is 0. The maximum atomic E-state index is 12.3. The number of hydrogen-bond acceptors (Lipinski definition) is 5. The van der Waals surface area contributed by atoms with Crippen molar-refractivity contribution in [2.45, 2.75) is 39.3 Å². The lowest BCUT2D eigenvalue weighted by atomic mass is 10.0. The Labute approximate surface area is 157 Å². The maximum Gasteiger partial charge on any atom is 0.322 e. The molecular weight excluding hydrogens is 354 g/mol. The highest BCUT2D eigenvalue weighted by atomic mass is 16.4. The Hall–Kier alpha value is -3.10. The molecule has 3 amide bonds. The third-order valence-corrected chi connectivity index (χ3v) is 3.45. The summed E-state index contributed by atoms with van der Waals surface area (Å²) in [4.78, 5) is 46.8. The number of hydrogen-bond donors (Lipinski definition) is 4. The van der Waals surface area contributed by atoms with Crippen molar-refractivity contribution in [2.75, 3.05) is 6.54 Å². The van der Waals surface area contributed by atoms with E-state index in [1.165, 1.54) is 25.3 Å². The second kappa shape index (κ2) is 10.8. The summed E-state index contributed by atoms with van der Waals surface area (Å²) in [5, 5.41) is 15.9. The number of carbonyl (C=O) groups is 4. The lowest BCUT2D eigenvalue weighted by molar-refractivity contribution is -0.138. The highest BCUT2D eigenvalue weighted by Crippen LogP contribution is 2.06. The Bertz CT molecular complexity index is 681. The third kappa shape index (κ3) is 8.70. The Kier molecular flexibility index (Phi) is 8.77. The number of carbonyl (C=O) groups excluding carboxylic acids is 3. The van der Waals surface area contributed by atoms with E-state index in [-0.39, 0.29) is 5.92 Å². The van der Waals surface area contributed by atoms with Gasteiger partial charge in [0.25, 0.3) is 0 Å². The first-order valence-corrected chi connectivity index (χ1v) is 8.51. The van der Waals surface area contributed by atoms with E-state index in [2.05, 4.69) is 16.0 Å². The highest BCUT2D eigenvalue weighted by Gasteiger charge is 2.25. The van der Waals surface area contributed by atoms with Crippen molar-refractivity contribution in [3.05, 3.63) is 30.2 Å². The molecule has 1 aromatic heterocycles. The fourth-order valence-electron chi connectivity index (χ4n) is 2.16. The molecule has 0 saturated carbocycles. The molecule has 0 aliphatic carbocycles. The van der Waals surface area contributed by atoms with Crippen molar-refractivity contribution in [1.82, 2.24) is 16.0 Å². The van der Waals surface area contributed by atoms with Gasteiger partial charge in [0.2, 0.25) is 17.7 Å². The molecule has 4 N–H and O–H groups in total. The minimum atomic E-state index is -1.18. The molecule has 1 aromatic rings. The van der Waals surface area contributed by atoms with Crippen molar-refractivity contribution >= 4 is 29.8 Å². The number of carboxylic acid groups (broad SMARTS) is 1. The van der Waals surface area contributed by atoms with Crippen LogP contribution in [0.15, 0.2) is 28.9 Å². The minimum Gasteiger partial charge on any atom is -0.480 e. The van der Waals surface area contributed by atoms with Crippen LogP contribution in [0.5, 0.6) is 0 Å². The van der Waals surface area contributed by atoms with E-state index in [0.29, 0.717) is 12.2 Å². The van der Waals surface area contributed by atoms with Gasteiger partial charge < -0.3 is 25.5 Å². The Morgan fingerprint density at radius 1 is 1.15 bits per heavy atom. The first kappa shape index (κ1) is 21.9. The maximum absolute atomic E-state index is 12.3. The zero-order valence-corrected chi connectivity index (χ0v) is 15.5. The third-order valence-electron chi connectivity index (χ3n) is 3.45. The molecule has 0 fully saturated rings. The van der Waals surface area contributed by atoms with Crippen LogP contribution in [0.2, 0.25) is 0 Å². The van der Waals surface area contributed by atoms with Crippen molar-refractivity contribution < 1.29 is 28.7 Å². The van der Waals surface area contributed by atoms with Crippen LogP contribution < -0.4 is 16.0 Å². The standard InChI is InChI=1S/C18H25N3O6/c1-11(2)9-14(18(26)19-10-16(23)24)21-17(25)12(3)20-15(22)7-6-13-5-4-8-27-13/h4-8,11-12,14H,9-10H2,1-3H3,(H,19,26)(H,20,22)(H,21,25)(H,23,24)/b7-6+/t12-,14-/m0/s1. The molecule has 27 heavy (non-hydrogen) atoms. The number of amides is 3. The fraction of sp³-hybridized carbons (Fsp3) is 0.444. The van der Waals surface area contributed by atoms with Gasteiger partial charge in [0, 0.05) is 6.08 Å². The van der Waals surface area contributed by atoms with Gasteiger partial charge in [-0.1, -0.05) is 13.8 Å². The monoisotopic (exact) mass is 379 g/mol. The molecule has 0 aromatic carbocycles. The molecule has 0 unspecified atom stereocenters. The number of aliphatic carboxylic acids is 1. The molecule has 0 saturated heterocycles. The van der Waals surface area contributed by atoms with Crippen molar-refractivity contribution in [3.8, 4) is 0 Å². The molecule has 148 valence electrons. The molecule has 1 rings (SSSR count). The molecule has 0 bridgehead atoms. The lowest BCUT2D eigenvalue weighted by Crippen LogP contribution is -2.53. The topological polar surface area (TPSA) is 138 Å². The van der Waals surface area contributed by atoms with Gasteiger partial charge in [-0.05, 0) is 37.5 Å². The number of nitrogens with one attached hydrogen (secondary N) is 3. The summed E-state index contributed by atoms with van der Waals surface area (Å²) in [6.07, 6.45) is 4.49. The van der Waals surface area contributed by atoms with Gasteiger partial charge in [-0.2, -0.15) is 0 Å². The summed E-state index contributed by atoms with van der Waals surface area (Å²) in [6.45, 7) is 4.69. The van der Waals surface area contributed by atoms with Crippen molar-refractivity contribution in [3.63, 3.8) is 0 Å². The van der Waals surface area contributed by atoms with Crippen LogP contribution in [0.3, 0.4) is 0 Å². The molecule has 9 heteroatoms. The van der Waals surface area contributed by atoms with Crippen LogP contribution >= 0.6 is 0 Å². The van der Waals surface area contributed by atoms with E-state index >= 15 is 0 Å². The van der Waals surface area contributed by atoms with Gasteiger partial charge >= 0.3 is 5.97 Å². The van der Waals surface area contributed by atoms with Crippen LogP contribution in [-0.4, -0.2) is 47.4 Å². The minimum absolute atomic E-state index is 0.0898. The second-order valence-corrected chi connectivity index (χ2v) is 6.38. The van der Waals surface area contributed by atoms with E-state index in [1.807, 2.05) is 13.8 Å². The van der Waals surface area contributed by atoms with Crippen LogP contribution in [0.4, 0.5) is 0 Å². The molecular formula is C18H25N3O6. The molecule has 9 nitrogen and oxygen atoms in total. The van der Waals surface area contributed by atoms with Crippen LogP contribution in [0.25, 0.3) is 6.08 Å². The molecule has 2 atom stereocenters. The van der Waals surface area contributed by atoms with Crippen LogP contribution in [-0.2, 0) is 19.2 Å². The zero-order valence-electron chi connectivity index (χ0n) is 15.5. The first-order chi connectivity index (χ1) is 12.7. The SMILES string of the molecule is CC(C)C[C@H](NC(=O)[C@H](C)NC(=O)/C=C/c1ccco1)C(=O)NCC(=O)O. The second-order valence-electron chi connectivity index (χ2n) is 6.38. The van der Waals surface area contributed by atoms with E-state index < -0.39 is 42.3 Å². The van der Waals surface area contributed by atoms with Gasteiger partial charge in [-0.15, -0.1) is 0 Å². The van der Waals surface area contributed by atoms with E-state index in [9.17, 15) is 19.2 Å². The zero-order chi connectivity index (χ0) is 20.4. The quantitative estimate of drug-likeness (QED) is 0.438. The summed E-state index contributed by atoms with van der Waals surface area (Å²) in [5.41, 5.74) is 0. The molecule has 0 aliphatic heterocycles. The van der Waals surface area contributed by atoms with Gasteiger partial charge in [0.15, 0.2) is 0 Å². The number of rotatable bonds is 10. The number of carboxylic acids is 1. The smallest absolute Gasteiger partial charge is 0.322 e. The summed E-state index contributed by atoms with van der Waals surface area (Å²) in [6, 6.07) is 1.57. The summed E-state index contributed by atoms with van der Waals surface area (Å²) < 4.78 is 5.06. The predicted octanol–water partition coefficient (Wildman–Crippen LogP) is 0.529. The summed E-state index contributed by atoms with van der Waals surface area (Å²) >= 11 is 0. The number of furan rings is 1. The molecule has 0 radical (unpaired) electrons. The van der Waals surface area contributed by atoms with E-state index in [1.54, 1.807) is 12.1 Å². The molecule has 0 spiro atoms.